The molecule has 5 nitrogen and oxygen atoms in total. The number of hydrogen-bond donors (Lipinski definition) is 2. The molecule has 0 spiro atoms. The highest BCUT2D eigenvalue weighted by Crippen LogP contribution is 2.24. The first-order valence-corrected chi connectivity index (χ1v) is 6.34. The lowest BCUT2D eigenvalue weighted by molar-refractivity contribution is -0.126. The number of nitrogens with one attached hydrogen (secondary N) is 2. The number of carbonyl (C=O) groups excluding carboxylic acids is 1. The van der Waals surface area contributed by atoms with Crippen molar-refractivity contribution in [2.75, 3.05) is 26.2 Å². The molecule has 19 heavy (non-hydrogen) atoms. The number of amides is 1. The average molecular weight is 327 g/mol. The zero-order chi connectivity index (χ0) is 13.0. The maximum absolute atomic E-state index is 11.5. The second kappa shape index (κ2) is 7.75. The van der Waals surface area contributed by atoms with E-state index in [-0.39, 0.29) is 24.2 Å². The smallest absolute Gasteiger partial charge is 0.232 e. The van der Waals surface area contributed by atoms with Gasteiger partial charge >= 0.3 is 0 Å². The Hall–Kier alpha value is -0.750. The monoisotopic (exact) mass is 325 g/mol. The number of halogens is 3. The van der Waals surface area contributed by atoms with Gasteiger partial charge in [-0.15, -0.1) is 12.4 Å². The van der Waals surface area contributed by atoms with Gasteiger partial charge in [0.25, 0.3) is 0 Å². The van der Waals surface area contributed by atoms with Gasteiger partial charge < -0.3 is 15.4 Å². The number of hydrogen-bond acceptors (Lipinski definition) is 4. The number of ether oxygens (including phenoxy) is 1. The molecular weight excluding hydrogens is 312 g/mol. The molecule has 1 aliphatic heterocycles. The van der Waals surface area contributed by atoms with Crippen LogP contribution in [-0.4, -0.2) is 37.1 Å². The predicted molar refractivity (Wildman–Crippen MR) is 76.4 cm³/mol. The van der Waals surface area contributed by atoms with Gasteiger partial charge in [-0.05, 0) is 6.07 Å². The summed E-state index contributed by atoms with van der Waals surface area (Å²) in [6.07, 6.45) is 1.46. The highest BCUT2D eigenvalue weighted by Gasteiger charge is 2.24. The minimum atomic E-state index is 0. The summed E-state index contributed by atoms with van der Waals surface area (Å²) >= 11 is 11.6. The first-order chi connectivity index (χ1) is 8.66. The summed E-state index contributed by atoms with van der Waals surface area (Å²) < 4.78 is 5.34. The van der Waals surface area contributed by atoms with Crippen LogP contribution in [0.25, 0.3) is 0 Å². The van der Waals surface area contributed by atoms with E-state index in [1.807, 2.05) is 0 Å². The minimum absolute atomic E-state index is 0. The summed E-state index contributed by atoms with van der Waals surface area (Å²) in [6, 6.07) is 1.56. The number of carbonyl (C=O) groups is 1. The van der Waals surface area contributed by atoms with Crippen molar-refractivity contribution in [1.82, 2.24) is 15.6 Å². The molecule has 1 saturated heterocycles. The molecule has 1 fully saturated rings. The van der Waals surface area contributed by atoms with Crippen LogP contribution in [0.4, 0.5) is 0 Å². The first kappa shape index (κ1) is 16.3. The van der Waals surface area contributed by atoms with Gasteiger partial charge in [-0.2, -0.15) is 0 Å². The third kappa shape index (κ3) is 4.69. The summed E-state index contributed by atoms with van der Waals surface area (Å²) in [4.78, 5) is 15.4. The van der Waals surface area contributed by atoms with E-state index in [4.69, 9.17) is 27.9 Å². The summed E-state index contributed by atoms with van der Waals surface area (Å²) in [7, 11) is 0. The zero-order valence-electron chi connectivity index (χ0n) is 9.99. The summed E-state index contributed by atoms with van der Waals surface area (Å²) in [5, 5.41) is 6.64. The average Bonchev–Trinajstić information content (AvgIpc) is 2.24. The molecule has 1 aromatic rings. The normalized spacial score (nSPS) is 14.2. The van der Waals surface area contributed by atoms with Crippen molar-refractivity contribution in [2.24, 2.45) is 5.92 Å². The Bertz CT molecular complexity index is 441. The number of nitrogens with zero attached hydrogens (tertiary/aromatic N) is 1. The van der Waals surface area contributed by atoms with E-state index in [0.717, 1.165) is 13.1 Å². The van der Waals surface area contributed by atoms with E-state index >= 15 is 0 Å². The van der Waals surface area contributed by atoms with E-state index in [9.17, 15) is 4.79 Å². The molecule has 1 aliphatic rings. The highest BCUT2D eigenvalue weighted by molar-refractivity contribution is 6.35. The molecule has 2 N–H and O–H groups in total. The van der Waals surface area contributed by atoms with Crippen molar-refractivity contribution in [3.05, 3.63) is 22.3 Å². The Kier molecular flexibility index (Phi) is 6.65. The summed E-state index contributed by atoms with van der Waals surface area (Å²) in [5.74, 6) is 0.454. The van der Waals surface area contributed by atoms with Crippen molar-refractivity contribution < 1.29 is 9.53 Å². The van der Waals surface area contributed by atoms with E-state index < -0.39 is 0 Å². The van der Waals surface area contributed by atoms with Crippen LogP contribution in [0.2, 0.25) is 10.0 Å². The van der Waals surface area contributed by atoms with Crippen LogP contribution in [0.3, 0.4) is 0 Å². The van der Waals surface area contributed by atoms with Gasteiger partial charge in [0.05, 0.1) is 17.5 Å². The molecule has 0 unspecified atom stereocenters. The SMILES string of the molecule is Cl.O=C(NCCOc1ncc(Cl)cc1Cl)C1CNC1. The summed E-state index contributed by atoms with van der Waals surface area (Å²) in [5.41, 5.74) is 0. The van der Waals surface area contributed by atoms with Crippen LogP contribution in [0, 0.1) is 5.92 Å². The largest absolute Gasteiger partial charge is 0.475 e. The Balaban J connectivity index is 0.00000180. The van der Waals surface area contributed by atoms with Crippen molar-refractivity contribution in [2.45, 2.75) is 0 Å². The molecule has 106 valence electrons. The lowest BCUT2D eigenvalue weighted by Gasteiger charge is -2.25. The second-order valence-electron chi connectivity index (χ2n) is 3.94. The Labute approximate surface area is 127 Å². The molecule has 0 bridgehead atoms. The van der Waals surface area contributed by atoms with Gasteiger partial charge in [0, 0.05) is 19.3 Å². The van der Waals surface area contributed by atoms with E-state index in [0.29, 0.717) is 29.1 Å². The third-order valence-electron chi connectivity index (χ3n) is 2.57. The van der Waals surface area contributed by atoms with Gasteiger partial charge in [0.2, 0.25) is 11.8 Å². The van der Waals surface area contributed by atoms with E-state index in [1.54, 1.807) is 6.07 Å². The maximum Gasteiger partial charge on any atom is 0.232 e. The van der Waals surface area contributed by atoms with E-state index in [1.165, 1.54) is 6.20 Å². The van der Waals surface area contributed by atoms with Crippen LogP contribution in [0.1, 0.15) is 0 Å². The van der Waals surface area contributed by atoms with Crippen molar-refractivity contribution in [3.63, 3.8) is 0 Å². The molecule has 0 aromatic carbocycles. The maximum atomic E-state index is 11.5. The Morgan fingerprint density at radius 1 is 1.53 bits per heavy atom. The van der Waals surface area contributed by atoms with Crippen LogP contribution >= 0.6 is 35.6 Å². The molecule has 0 radical (unpaired) electrons. The quantitative estimate of drug-likeness (QED) is 0.806. The number of rotatable bonds is 5. The standard InChI is InChI=1S/C11H13Cl2N3O2.ClH/c12-8-3-9(13)11(16-6-8)18-2-1-15-10(17)7-4-14-5-7;/h3,6-7,14H,1-2,4-5H2,(H,15,17);1H. The molecular formula is C11H14Cl3N3O2. The summed E-state index contributed by atoms with van der Waals surface area (Å²) in [6.45, 7) is 2.24. The van der Waals surface area contributed by atoms with Gasteiger partial charge in [0.15, 0.2) is 0 Å². The number of aromatic nitrogens is 1. The fraction of sp³-hybridized carbons (Fsp3) is 0.455. The lowest BCUT2D eigenvalue weighted by Crippen LogP contribution is -2.51. The van der Waals surface area contributed by atoms with Crippen molar-refractivity contribution >= 4 is 41.5 Å². The van der Waals surface area contributed by atoms with Gasteiger partial charge in [-0.1, -0.05) is 23.2 Å². The molecule has 1 amide bonds. The lowest BCUT2D eigenvalue weighted by atomic mass is 10.0. The van der Waals surface area contributed by atoms with Crippen molar-refractivity contribution in [1.29, 1.82) is 0 Å². The van der Waals surface area contributed by atoms with Gasteiger partial charge in [-0.25, -0.2) is 4.98 Å². The fourth-order valence-corrected chi connectivity index (χ4v) is 1.88. The van der Waals surface area contributed by atoms with Crippen LogP contribution in [0.15, 0.2) is 12.3 Å². The Morgan fingerprint density at radius 2 is 2.26 bits per heavy atom. The molecule has 8 heteroatoms. The molecule has 2 heterocycles. The van der Waals surface area contributed by atoms with E-state index in [2.05, 4.69) is 15.6 Å². The topological polar surface area (TPSA) is 63.2 Å². The molecule has 2 rings (SSSR count). The minimum Gasteiger partial charge on any atom is -0.475 e. The Morgan fingerprint density at radius 3 is 2.84 bits per heavy atom. The fourth-order valence-electron chi connectivity index (χ4n) is 1.45. The third-order valence-corrected chi connectivity index (χ3v) is 3.04. The molecule has 0 atom stereocenters. The first-order valence-electron chi connectivity index (χ1n) is 5.59. The number of pyridine rings is 1. The van der Waals surface area contributed by atoms with Crippen LogP contribution in [0.5, 0.6) is 5.88 Å². The zero-order valence-corrected chi connectivity index (χ0v) is 12.3. The van der Waals surface area contributed by atoms with Crippen LogP contribution in [-0.2, 0) is 4.79 Å². The molecule has 1 aromatic heterocycles. The predicted octanol–water partition coefficient (Wildman–Crippen LogP) is 1.52. The second-order valence-corrected chi connectivity index (χ2v) is 4.78. The van der Waals surface area contributed by atoms with Crippen LogP contribution < -0.4 is 15.4 Å². The van der Waals surface area contributed by atoms with Gasteiger partial charge in [-0.3, -0.25) is 4.79 Å². The molecule has 0 saturated carbocycles. The van der Waals surface area contributed by atoms with Gasteiger partial charge in [0.1, 0.15) is 11.6 Å². The molecule has 0 aliphatic carbocycles. The highest BCUT2D eigenvalue weighted by atomic mass is 35.5. The van der Waals surface area contributed by atoms with Crippen molar-refractivity contribution in [3.8, 4) is 5.88 Å².